The monoisotopic (exact) mass is 191 g/mol. The summed E-state index contributed by atoms with van der Waals surface area (Å²) in [5, 5.41) is 12.8. The van der Waals surface area contributed by atoms with E-state index in [2.05, 4.69) is 10.0 Å². The summed E-state index contributed by atoms with van der Waals surface area (Å²) >= 11 is 0. The summed E-state index contributed by atoms with van der Waals surface area (Å²) < 4.78 is 0. The van der Waals surface area contributed by atoms with Gasteiger partial charge in [-0.25, -0.2) is 0 Å². The first-order valence-corrected chi connectivity index (χ1v) is 4.49. The molecule has 1 unspecified atom stereocenters. The van der Waals surface area contributed by atoms with Gasteiger partial charge in [0.1, 0.15) is 0 Å². The van der Waals surface area contributed by atoms with Crippen molar-refractivity contribution in [2.45, 2.75) is 26.0 Å². The van der Waals surface area contributed by atoms with Gasteiger partial charge in [0.15, 0.2) is 0 Å². The molecule has 0 saturated carbocycles. The Bertz CT molecular complexity index is 343. The summed E-state index contributed by atoms with van der Waals surface area (Å²) in [5.74, 6) is 0. The molecule has 1 rings (SSSR count). The fourth-order valence-electron chi connectivity index (χ4n) is 1.34. The summed E-state index contributed by atoms with van der Waals surface area (Å²) in [6.45, 7) is 2.09. The molecule has 0 heterocycles. The van der Waals surface area contributed by atoms with Crippen molar-refractivity contribution >= 4 is 0 Å². The zero-order valence-corrected chi connectivity index (χ0v) is 8.09. The number of aliphatic hydroxyl groups is 1. The molecular formula is C10H13N3O. The Morgan fingerprint density at radius 3 is 2.64 bits per heavy atom. The zero-order valence-electron chi connectivity index (χ0n) is 8.09. The fourth-order valence-corrected chi connectivity index (χ4v) is 1.34. The fraction of sp³-hybridized carbons (Fsp3) is 0.400. The Morgan fingerprint density at radius 1 is 1.43 bits per heavy atom. The number of benzene rings is 1. The average Bonchev–Trinajstić information content (AvgIpc) is 2.16. The molecule has 14 heavy (non-hydrogen) atoms. The first-order chi connectivity index (χ1) is 6.74. The number of hydrogen-bond acceptors (Lipinski definition) is 2. The van der Waals surface area contributed by atoms with Crippen molar-refractivity contribution in [3.63, 3.8) is 0 Å². The molecule has 4 nitrogen and oxygen atoms in total. The lowest BCUT2D eigenvalue weighted by Gasteiger charge is -2.08. The second-order valence-electron chi connectivity index (χ2n) is 3.21. The first-order valence-electron chi connectivity index (χ1n) is 4.49. The normalized spacial score (nSPS) is 11.9. The van der Waals surface area contributed by atoms with Crippen LogP contribution >= 0.6 is 0 Å². The maximum Gasteiger partial charge on any atom is 0.0552 e. The van der Waals surface area contributed by atoms with Gasteiger partial charge in [0.2, 0.25) is 0 Å². The summed E-state index contributed by atoms with van der Waals surface area (Å²) in [7, 11) is 0. The quantitative estimate of drug-likeness (QED) is 0.443. The predicted molar refractivity (Wildman–Crippen MR) is 54.7 cm³/mol. The summed E-state index contributed by atoms with van der Waals surface area (Å²) in [5.41, 5.74) is 10.2. The molecule has 0 bridgehead atoms. The topological polar surface area (TPSA) is 69.0 Å². The van der Waals surface area contributed by atoms with Gasteiger partial charge in [-0.1, -0.05) is 29.4 Å². The first kappa shape index (κ1) is 10.6. The maximum absolute atomic E-state index is 9.25. The lowest BCUT2D eigenvalue weighted by molar-refractivity contribution is 0.195. The summed E-state index contributed by atoms with van der Waals surface area (Å²) in [6, 6.07) is 7.66. The smallest absolute Gasteiger partial charge is 0.0552 e. The average molecular weight is 191 g/mol. The molecule has 0 radical (unpaired) electrons. The molecule has 0 fully saturated rings. The van der Waals surface area contributed by atoms with Crippen molar-refractivity contribution in [1.29, 1.82) is 0 Å². The minimum Gasteiger partial charge on any atom is -0.393 e. The summed E-state index contributed by atoms with van der Waals surface area (Å²) in [6.07, 6.45) is 0.221. The predicted octanol–water partition coefficient (Wildman–Crippen LogP) is 2.42. The summed E-state index contributed by atoms with van der Waals surface area (Å²) in [4.78, 5) is 2.71. The number of hydrogen-bond donors (Lipinski definition) is 1. The van der Waals surface area contributed by atoms with Crippen LogP contribution in [0.5, 0.6) is 0 Å². The largest absolute Gasteiger partial charge is 0.393 e. The van der Waals surface area contributed by atoms with Crippen molar-refractivity contribution < 1.29 is 5.11 Å². The molecule has 4 heteroatoms. The van der Waals surface area contributed by atoms with Gasteiger partial charge in [-0.2, -0.15) is 0 Å². The van der Waals surface area contributed by atoms with Crippen LogP contribution in [0.15, 0.2) is 29.4 Å². The molecule has 0 saturated heterocycles. The molecule has 0 amide bonds. The molecule has 0 aliphatic rings. The van der Waals surface area contributed by atoms with E-state index in [9.17, 15) is 5.11 Å². The molecule has 1 aromatic rings. The minimum atomic E-state index is -0.373. The van der Waals surface area contributed by atoms with E-state index in [0.29, 0.717) is 13.0 Å². The van der Waals surface area contributed by atoms with Crippen LogP contribution in [0, 0.1) is 0 Å². The van der Waals surface area contributed by atoms with Gasteiger partial charge in [0, 0.05) is 4.91 Å². The second kappa shape index (κ2) is 5.27. The van der Waals surface area contributed by atoms with Gasteiger partial charge in [-0.15, -0.1) is 0 Å². The van der Waals surface area contributed by atoms with Crippen molar-refractivity contribution in [2.24, 2.45) is 5.11 Å². The van der Waals surface area contributed by atoms with E-state index in [1.165, 1.54) is 0 Å². The van der Waals surface area contributed by atoms with Gasteiger partial charge >= 0.3 is 0 Å². The highest BCUT2D eigenvalue weighted by atomic mass is 16.3. The Labute approximate surface area is 82.8 Å². The SMILES string of the molecule is CC(O)Cc1ccccc1CN=[N+]=[N-]. The van der Waals surface area contributed by atoms with Crippen LogP contribution in [-0.2, 0) is 13.0 Å². The third-order valence-corrected chi connectivity index (χ3v) is 1.94. The molecule has 0 spiro atoms. The van der Waals surface area contributed by atoms with Crippen molar-refractivity contribution in [3.8, 4) is 0 Å². The van der Waals surface area contributed by atoms with Gasteiger partial charge in [0.05, 0.1) is 12.6 Å². The number of azide groups is 1. The molecule has 1 N–H and O–H groups in total. The van der Waals surface area contributed by atoms with Crippen molar-refractivity contribution in [3.05, 3.63) is 45.8 Å². The Kier molecular flexibility index (Phi) is 3.98. The Balaban J connectivity index is 2.84. The van der Waals surface area contributed by atoms with E-state index >= 15 is 0 Å². The van der Waals surface area contributed by atoms with Gasteiger partial charge < -0.3 is 5.11 Å². The van der Waals surface area contributed by atoms with E-state index in [1.54, 1.807) is 6.92 Å². The molecule has 0 aliphatic heterocycles. The van der Waals surface area contributed by atoms with Crippen LogP contribution in [0.4, 0.5) is 0 Å². The molecule has 0 aliphatic carbocycles. The number of rotatable bonds is 4. The lowest BCUT2D eigenvalue weighted by atomic mass is 10.0. The van der Waals surface area contributed by atoms with Gasteiger partial charge in [0.25, 0.3) is 0 Å². The van der Waals surface area contributed by atoms with E-state index in [4.69, 9.17) is 5.53 Å². The molecular weight excluding hydrogens is 178 g/mol. The third-order valence-electron chi connectivity index (χ3n) is 1.94. The minimum absolute atomic E-state index is 0.347. The molecule has 74 valence electrons. The van der Waals surface area contributed by atoms with Crippen LogP contribution in [-0.4, -0.2) is 11.2 Å². The standard InChI is InChI=1S/C10H13N3O/c1-8(14)6-9-4-2-3-5-10(9)7-12-13-11/h2-5,8,14H,6-7H2,1H3. The van der Waals surface area contributed by atoms with E-state index in [0.717, 1.165) is 11.1 Å². The van der Waals surface area contributed by atoms with E-state index in [-0.39, 0.29) is 6.10 Å². The van der Waals surface area contributed by atoms with Crippen LogP contribution in [0.1, 0.15) is 18.1 Å². The Morgan fingerprint density at radius 2 is 2.07 bits per heavy atom. The number of nitrogens with zero attached hydrogens (tertiary/aromatic N) is 3. The van der Waals surface area contributed by atoms with Crippen molar-refractivity contribution in [1.82, 2.24) is 0 Å². The maximum atomic E-state index is 9.25. The van der Waals surface area contributed by atoms with Gasteiger partial charge in [-0.3, -0.25) is 0 Å². The Hall–Kier alpha value is -1.51. The van der Waals surface area contributed by atoms with Crippen LogP contribution < -0.4 is 0 Å². The lowest BCUT2D eigenvalue weighted by Crippen LogP contribution is -2.06. The number of aliphatic hydroxyl groups excluding tert-OH is 1. The highest BCUT2D eigenvalue weighted by Gasteiger charge is 2.03. The molecule has 1 aromatic carbocycles. The third kappa shape index (κ3) is 3.09. The van der Waals surface area contributed by atoms with Crippen LogP contribution in [0.3, 0.4) is 0 Å². The molecule has 0 aromatic heterocycles. The van der Waals surface area contributed by atoms with Gasteiger partial charge in [-0.05, 0) is 30.0 Å². The van der Waals surface area contributed by atoms with E-state index in [1.807, 2.05) is 24.3 Å². The van der Waals surface area contributed by atoms with E-state index < -0.39 is 0 Å². The highest BCUT2D eigenvalue weighted by Crippen LogP contribution is 2.12. The second-order valence-corrected chi connectivity index (χ2v) is 3.21. The van der Waals surface area contributed by atoms with Crippen LogP contribution in [0.25, 0.3) is 10.4 Å². The molecule has 1 atom stereocenters. The van der Waals surface area contributed by atoms with Crippen LogP contribution in [0.2, 0.25) is 0 Å². The zero-order chi connectivity index (χ0) is 10.4. The highest BCUT2D eigenvalue weighted by molar-refractivity contribution is 5.27. The van der Waals surface area contributed by atoms with Crippen molar-refractivity contribution in [2.75, 3.05) is 0 Å².